The van der Waals surface area contributed by atoms with Gasteiger partial charge in [-0.25, -0.2) is 9.67 Å². The van der Waals surface area contributed by atoms with Gasteiger partial charge in [0.1, 0.15) is 5.75 Å². The van der Waals surface area contributed by atoms with Crippen LogP contribution in [0.1, 0.15) is 28.9 Å². The van der Waals surface area contributed by atoms with E-state index >= 15 is 0 Å². The molecular weight excluding hydrogens is 354 g/mol. The maximum atomic E-state index is 9.68. The predicted octanol–water partition coefficient (Wildman–Crippen LogP) is 5.18. The fourth-order valence-corrected chi connectivity index (χ4v) is 4.16. The molecule has 126 valence electrons. The van der Waals surface area contributed by atoms with Gasteiger partial charge in [-0.2, -0.15) is 5.10 Å². The van der Waals surface area contributed by atoms with E-state index < -0.39 is 0 Å². The lowest BCUT2D eigenvalue weighted by molar-refractivity contribution is 0.475. The Balaban J connectivity index is 1.73. The lowest BCUT2D eigenvalue weighted by Gasteiger charge is -2.21. The molecule has 25 heavy (non-hydrogen) atoms. The van der Waals surface area contributed by atoms with E-state index in [1.165, 1.54) is 5.56 Å². The Labute approximate surface area is 155 Å². The number of aliphatic imine (C=N–C) groups is 1. The summed E-state index contributed by atoms with van der Waals surface area (Å²) in [5.74, 6) is 0.978. The van der Waals surface area contributed by atoms with E-state index in [1.54, 1.807) is 17.8 Å². The van der Waals surface area contributed by atoms with Crippen molar-refractivity contribution in [1.29, 1.82) is 0 Å². The third-order valence-electron chi connectivity index (χ3n) is 4.12. The molecule has 1 aliphatic rings. The number of thioether (sulfide) groups is 1. The van der Waals surface area contributed by atoms with Crippen molar-refractivity contribution >= 4 is 34.2 Å². The topological polar surface area (TPSA) is 50.4 Å². The molecule has 0 aliphatic carbocycles. The van der Waals surface area contributed by atoms with E-state index in [4.69, 9.17) is 16.6 Å². The molecule has 1 aromatic heterocycles. The molecule has 0 saturated heterocycles. The van der Waals surface area contributed by atoms with Gasteiger partial charge in [-0.15, -0.1) is 0 Å². The van der Waals surface area contributed by atoms with Crippen LogP contribution in [-0.4, -0.2) is 19.9 Å². The molecule has 4 rings (SSSR count). The molecule has 0 bridgehead atoms. The zero-order chi connectivity index (χ0) is 17.4. The highest BCUT2D eigenvalue weighted by Crippen LogP contribution is 2.46. The van der Waals surface area contributed by atoms with Crippen molar-refractivity contribution in [2.24, 2.45) is 4.99 Å². The highest BCUT2D eigenvalue weighted by atomic mass is 35.5. The molecule has 1 aliphatic heterocycles. The predicted molar refractivity (Wildman–Crippen MR) is 103 cm³/mol. The van der Waals surface area contributed by atoms with Crippen molar-refractivity contribution in [3.63, 3.8) is 0 Å². The quantitative estimate of drug-likeness (QED) is 0.692. The smallest absolute Gasteiger partial charge is 0.156 e. The summed E-state index contributed by atoms with van der Waals surface area (Å²) in [6, 6.07) is 15.6. The number of phenols is 1. The number of aromatic nitrogens is 2. The van der Waals surface area contributed by atoms with Crippen molar-refractivity contribution in [3.8, 4) is 5.75 Å². The SMILES string of the molecule is CC1=Nc2c(cnn2Cc2ccccc2)C(c2ccc(O)c(Cl)c2)S1. The van der Waals surface area contributed by atoms with Gasteiger partial charge in [-0.05, 0) is 30.2 Å². The standard InChI is InChI=1S/C19H16ClN3OS/c1-12-22-19-15(10-21-23(19)11-13-5-3-2-4-6-13)18(25-12)14-7-8-17(24)16(20)9-14/h2-10,18,24H,11H2,1H3. The first-order chi connectivity index (χ1) is 12.1. The van der Waals surface area contributed by atoms with Gasteiger partial charge in [0, 0.05) is 5.56 Å². The average molecular weight is 370 g/mol. The van der Waals surface area contributed by atoms with Gasteiger partial charge in [0.25, 0.3) is 0 Å². The first kappa shape index (κ1) is 16.2. The van der Waals surface area contributed by atoms with Crippen LogP contribution in [0.15, 0.2) is 59.7 Å². The van der Waals surface area contributed by atoms with Gasteiger partial charge in [0.15, 0.2) is 5.82 Å². The molecule has 0 saturated carbocycles. The minimum Gasteiger partial charge on any atom is -0.506 e. The van der Waals surface area contributed by atoms with E-state index in [9.17, 15) is 5.11 Å². The maximum Gasteiger partial charge on any atom is 0.156 e. The number of rotatable bonds is 3. The zero-order valence-corrected chi connectivity index (χ0v) is 15.1. The van der Waals surface area contributed by atoms with E-state index in [0.29, 0.717) is 11.6 Å². The lowest BCUT2D eigenvalue weighted by atomic mass is 10.1. The third-order valence-corrected chi connectivity index (χ3v) is 5.62. The van der Waals surface area contributed by atoms with Crippen LogP contribution in [0.3, 0.4) is 0 Å². The second-order valence-corrected chi connectivity index (χ2v) is 7.61. The summed E-state index contributed by atoms with van der Waals surface area (Å²) in [6.07, 6.45) is 1.88. The Morgan fingerprint density at radius 2 is 2.00 bits per heavy atom. The maximum absolute atomic E-state index is 9.68. The molecular formula is C19H16ClN3OS. The van der Waals surface area contributed by atoms with Crippen LogP contribution in [-0.2, 0) is 6.54 Å². The molecule has 2 heterocycles. The van der Waals surface area contributed by atoms with Gasteiger partial charge < -0.3 is 5.11 Å². The largest absolute Gasteiger partial charge is 0.506 e. The minimum atomic E-state index is 0.0649. The number of aromatic hydroxyl groups is 1. The number of hydrogen-bond acceptors (Lipinski definition) is 4. The van der Waals surface area contributed by atoms with E-state index in [1.807, 2.05) is 48.1 Å². The van der Waals surface area contributed by atoms with Crippen LogP contribution in [0.2, 0.25) is 5.02 Å². The summed E-state index contributed by atoms with van der Waals surface area (Å²) in [5.41, 5.74) is 3.28. The molecule has 3 aromatic rings. The Morgan fingerprint density at radius 1 is 1.20 bits per heavy atom. The number of phenolic OH excluding ortho intramolecular Hbond substituents is 1. The van der Waals surface area contributed by atoms with Crippen molar-refractivity contribution in [2.45, 2.75) is 18.7 Å². The fraction of sp³-hybridized carbons (Fsp3) is 0.158. The van der Waals surface area contributed by atoms with Crippen LogP contribution < -0.4 is 0 Å². The molecule has 1 atom stereocenters. The van der Waals surface area contributed by atoms with Crippen LogP contribution in [0.25, 0.3) is 0 Å². The molecule has 0 fully saturated rings. The molecule has 0 radical (unpaired) electrons. The molecule has 0 spiro atoms. The summed E-state index contributed by atoms with van der Waals surface area (Å²) in [5, 5.41) is 15.6. The van der Waals surface area contributed by atoms with E-state index in [0.717, 1.165) is 22.0 Å². The summed E-state index contributed by atoms with van der Waals surface area (Å²) in [6.45, 7) is 2.68. The summed E-state index contributed by atoms with van der Waals surface area (Å²) in [4.78, 5) is 4.72. The Bertz CT molecular complexity index is 953. The van der Waals surface area contributed by atoms with Crippen molar-refractivity contribution < 1.29 is 5.11 Å². The van der Waals surface area contributed by atoms with Crippen LogP contribution in [0, 0.1) is 0 Å². The molecule has 6 heteroatoms. The monoisotopic (exact) mass is 369 g/mol. The summed E-state index contributed by atoms with van der Waals surface area (Å²) >= 11 is 7.77. The Morgan fingerprint density at radius 3 is 2.76 bits per heavy atom. The van der Waals surface area contributed by atoms with Gasteiger partial charge in [0.2, 0.25) is 0 Å². The van der Waals surface area contributed by atoms with Crippen LogP contribution in [0.4, 0.5) is 5.82 Å². The Hall–Kier alpha value is -2.24. The molecule has 1 unspecified atom stereocenters. The molecule has 0 amide bonds. The van der Waals surface area contributed by atoms with Crippen LogP contribution >= 0.6 is 23.4 Å². The van der Waals surface area contributed by atoms with Gasteiger partial charge in [-0.1, -0.05) is 59.8 Å². The number of benzene rings is 2. The first-order valence-corrected chi connectivity index (χ1v) is 9.17. The van der Waals surface area contributed by atoms with Crippen molar-refractivity contribution in [3.05, 3.63) is 76.4 Å². The number of nitrogens with zero attached hydrogens (tertiary/aromatic N) is 3. The van der Waals surface area contributed by atoms with Crippen molar-refractivity contribution in [1.82, 2.24) is 9.78 Å². The highest BCUT2D eigenvalue weighted by molar-refractivity contribution is 8.14. The number of hydrogen-bond donors (Lipinski definition) is 1. The minimum absolute atomic E-state index is 0.0649. The second-order valence-electron chi connectivity index (χ2n) is 5.91. The Kier molecular flexibility index (Phi) is 4.27. The first-order valence-electron chi connectivity index (χ1n) is 7.92. The second kappa shape index (κ2) is 6.58. The van der Waals surface area contributed by atoms with Gasteiger partial charge >= 0.3 is 0 Å². The summed E-state index contributed by atoms with van der Waals surface area (Å²) < 4.78 is 1.93. The van der Waals surface area contributed by atoms with E-state index in [2.05, 4.69) is 17.2 Å². The number of halogens is 1. The van der Waals surface area contributed by atoms with Crippen LogP contribution in [0.5, 0.6) is 5.75 Å². The van der Waals surface area contributed by atoms with Gasteiger partial charge in [-0.3, -0.25) is 0 Å². The fourth-order valence-electron chi connectivity index (χ4n) is 2.92. The third kappa shape index (κ3) is 3.17. The summed E-state index contributed by atoms with van der Waals surface area (Å²) in [7, 11) is 0. The lowest BCUT2D eigenvalue weighted by Crippen LogP contribution is -2.07. The molecule has 1 N–H and O–H groups in total. The van der Waals surface area contributed by atoms with Crippen molar-refractivity contribution in [2.75, 3.05) is 0 Å². The normalized spacial score (nSPS) is 16.4. The average Bonchev–Trinajstić information content (AvgIpc) is 3.00. The highest BCUT2D eigenvalue weighted by Gasteiger charge is 2.27. The number of fused-ring (bicyclic) bond motifs is 1. The van der Waals surface area contributed by atoms with E-state index in [-0.39, 0.29) is 11.0 Å². The van der Waals surface area contributed by atoms with Gasteiger partial charge in [0.05, 0.1) is 28.1 Å². The zero-order valence-electron chi connectivity index (χ0n) is 13.6. The molecule has 4 nitrogen and oxygen atoms in total. The molecule has 2 aromatic carbocycles.